The van der Waals surface area contributed by atoms with Crippen molar-refractivity contribution in [1.82, 2.24) is 4.90 Å². The van der Waals surface area contributed by atoms with Crippen LogP contribution in [0, 0.1) is 5.92 Å². The van der Waals surface area contributed by atoms with Crippen molar-refractivity contribution in [3.63, 3.8) is 0 Å². The Kier molecular flexibility index (Phi) is 4.28. The van der Waals surface area contributed by atoms with Gasteiger partial charge in [0, 0.05) is 6.54 Å². The Morgan fingerprint density at radius 3 is 2.78 bits per heavy atom. The number of likely N-dealkylation sites (tertiary alicyclic amines) is 1. The van der Waals surface area contributed by atoms with Crippen LogP contribution < -0.4 is 4.74 Å². The lowest BCUT2D eigenvalue weighted by atomic mass is 9.82. The molecule has 2 nitrogen and oxygen atoms in total. The minimum Gasteiger partial charge on any atom is -0.491 e. The topological polar surface area (TPSA) is 12.5 Å². The van der Waals surface area contributed by atoms with Crippen LogP contribution in [0.3, 0.4) is 0 Å². The van der Waals surface area contributed by atoms with E-state index in [-0.39, 0.29) is 6.10 Å². The van der Waals surface area contributed by atoms with Crippen molar-refractivity contribution in [3.05, 3.63) is 29.8 Å². The van der Waals surface area contributed by atoms with Gasteiger partial charge >= 0.3 is 0 Å². The highest BCUT2D eigenvalue weighted by atomic mass is 16.5. The molecule has 18 heavy (non-hydrogen) atoms. The van der Waals surface area contributed by atoms with E-state index in [1.165, 1.54) is 25.1 Å². The van der Waals surface area contributed by atoms with Crippen LogP contribution in [0.2, 0.25) is 0 Å². The summed E-state index contributed by atoms with van der Waals surface area (Å²) in [5.41, 5.74) is 1.44. The van der Waals surface area contributed by atoms with Gasteiger partial charge in [-0.2, -0.15) is 0 Å². The fraction of sp³-hybridized carbons (Fsp3) is 0.625. The third-order valence-corrected chi connectivity index (χ3v) is 3.77. The van der Waals surface area contributed by atoms with Gasteiger partial charge < -0.3 is 9.64 Å². The molecule has 1 fully saturated rings. The van der Waals surface area contributed by atoms with Gasteiger partial charge in [0.25, 0.3) is 0 Å². The van der Waals surface area contributed by atoms with Crippen molar-refractivity contribution in [3.8, 4) is 5.75 Å². The first-order chi connectivity index (χ1) is 8.56. The summed E-state index contributed by atoms with van der Waals surface area (Å²) in [4.78, 5) is 2.43. The van der Waals surface area contributed by atoms with E-state index < -0.39 is 0 Å². The molecule has 0 N–H and O–H groups in total. The van der Waals surface area contributed by atoms with E-state index in [9.17, 15) is 0 Å². The first kappa shape index (κ1) is 13.4. The molecule has 0 amide bonds. The lowest BCUT2D eigenvalue weighted by Gasteiger charge is -2.35. The zero-order chi connectivity index (χ0) is 13.1. The van der Waals surface area contributed by atoms with Crippen molar-refractivity contribution < 1.29 is 4.74 Å². The second-order valence-corrected chi connectivity index (χ2v) is 5.87. The Bertz CT molecular complexity index is 388. The number of hydrogen-bond donors (Lipinski definition) is 0. The first-order valence-corrected chi connectivity index (χ1v) is 7.01. The summed E-state index contributed by atoms with van der Waals surface area (Å²) < 4.78 is 5.79. The van der Waals surface area contributed by atoms with E-state index >= 15 is 0 Å². The number of piperidine rings is 1. The molecule has 0 aromatic heterocycles. The van der Waals surface area contributed by atoms with Crippen LogP contribution in [0.25, 0.3) is 0 Å². The average molecular weight is 247 g/mol. The molecule has 100 valence electrons. The van der Waals surface area contributed by atoms with Gasteiger partial charge in [-0.1, -0.05) is 19.1 Å². The number of ether oxygens (including phenoxy) is 1. The molecule has 1 aromatic carbocycles. The summed E-state index contributed by atoms with van der Waals surface area (Å²) in [6, 6.07) is 8.66. The predicted molar refractivity (Wildman–Crippen MR) is 76.2 cm³/mol. The SMILES string of the molecule is CC(C)Oc1cccc(C2CCN(C)C[C@@H]2C)c1. The lowest BCUT2D eigenvalue weighted by Crippen LogP contribution is -2.35. The molecule has 2 rings (SSSR count). The van der Waals surface area contributed by atoms with E-state index in [2.05, 4.69) is 57.0 Å². The number of benzene rings is 1. The maximum Gasteiger partial charge on any atom is 0.119 e. The van der Waals surface area contributed by atoms with E-state index in [4.69, 9.17) is 4.74 Å². The fourth-order valence-corrected chi connectivity index (χ4v) is 2.94. The average Bonchev–Trinajstić information content (AvgIpc) is 2.28. The predicted octanol–water partition coefficient (Wildman–Crippen LogP) is 3.53. The van der Waals surface area contributed by atoms with Crippen molar-refractivity contribution in [2.45, 2.75) is 39.2 Å². The molecule has 0 bridgehead atoms. The van der Waals surface area contributed by atoms with Gasteiger partial charge in [-0.25, -0.2) is 0 Å². The van der Waals surface area contributed by atoms with Crippen molar-refractivity contribution in [2.75, 3.05) is 20.1 Å². The monoisotopic (exact) mass is 247 g/mol. The quantitative estimate of drug-likeness (QED) is 0.810. The largest absolute Gasteiger partial charge is 0.491 e. The van der Waals surface area contributed by atoms with Crippen molar-refractivity contribution >= 4 is 0 Å². The van der Waals surface area contributed by atoms with E-state index in [0.717, 1.165) is 11.7 Å². The second-order valence-electron chi connectivity index (χ2n) is 5.87. The van der Waals surface area contributed by atoms with Crippen LogP contribution in [0.4, 0.5) is 0 Å². The summed E-state index contributed by atoms with van der Waals surface area (Å²) in [6.45, 7) is 8.90. The molecule has 2 heteroatoms. The molecule has 1 unspecified atom stereocenters. The van der Waals surface area contributed by atoms with Gasteiger partial charge in [0.15, 0.2) is 0 Å². The van der Waals surface area contributed by atoms with Gasteiger partial charge in [0.1, 0.15) is 5.75 Å². The normalized spacial score (nSPS) is 25.4. The molecular weight excluding hydrogens is 222 g/mol. The van der Waals surface area contributed by atoms with Crippen LogP contribution >= 0.6 is 0 Å². The van der Waals surface area contributed by atoms with Gasteiger partial charge in [0.05, 0.1) is 6.10 Å². The molecule has 1 heterocycles. The van der Waals surface area contributed by atoms with Gasteiger partial charge in [-0.3, -0.25) is 0 Å². The lowest BCUT2D eigenvalue weighted by molar-refractivity contribution is 0.195. The molecule has 2 atom stereocenters. The third-order valence-electron chi connectivity index (χ3n) is 3.77. The first-order valence-electron chi connectivity index (χ1n) is 7.01. The molecule has 1 aliphatic heterocycles. The Morgan fingerprint density at radius 2 is 2.11 bits per heavy atom. The van der Waals surface area contributed by atoms with Gasteiger partial charge in [0.2, 0.25) is 0 Å². The highest BCUT2D eigenvalue weighted by Gasteiger charge is 2.25. The molecule has 0 radical (unpaired) electrons. The molecular formula is C16H25NO. The molecule has 0 spiro atoms. The zero-order valence-electron chi connectivity index (χ0n) is 12.0. The minimum absolute atomic E-state index is 0.246. The molecule has 1 aromatic rings. The number of hydrogen-bond acceptors (Lipinski definition) is 2. The highest BCUT2D eigenvalue weighted by Crippen LogP contribution is 2.33. The van der Waals surface area contributed by atoms with Crippen molar-refractivity contribution in [2.24, 2.45) is 5.92 Å². The van der Waals surface area contributed by atoms with Gasteiger partial charge in [-0.15, -0.1) is 0 Å². The van der Waals surface area contributed by atoms with Crippen LogP contribution in [-0.4, -0.2) is 31.1 Å². The summed E-state index contributed by atoms with van der Waals surface area (Å²) in [5.74, 6) is 2.41. The Balaban J connectivity index is 2.12. The molecule has 1 saturated heterocycles. The summed E-state index contributed by atoms with van der Waals surface area (Å²) >= 11 is 0. The fourth-order valence-electron chi connectivity index (χ4n) is 2.94. The number of nitrogens with zero attached hydrogens (tertiary/aromatic N) is 1. The van der Waals surface area contributed by atoms with E-state index in [1.54, 1.807) is 0 Å². The minimum atomic E-state index is 0.246. The Morgan fingerprint density at radius 1 is 1.33 bits per heavy atom. The summed E-state index contributed by atoms with van der Waals surface area (Å²) in [5, 5.41) is 0. The summed E-state index contributed by atoms with van der Waals surface area (Å²) in [7, 11) is 2.21. The molecule has 1 aliphatic rings. The third kappa shape index (κ3) is 3.26. The molecule has 0 saturated carbocycles. The van der Waals surface area contributed by atoms with E-state index in [1.807, 2.05) is 0 Å². The number of rotatable bonds is 3. The standard InChI is InChI=1S/C16H25NO/c1-12(2)18-15-7-5-6-14(10-15)16-8-9-17(4)11-13(16)3/h5-7,10,12-13,16H,8-9,11H2,1-4H3/t13-,16?/m0/s1. The van der Waals surface area contributed by atoms with Crippen LogP contribution in [-0.2, 0) is 0 Å². The Labute approximate surface area is 111 Å². The Hall–Kier alpha value is -1.02. The smallest absolute Gasteiger partial charge is 0.119 e. The summed E-state index contributed by atoms with van der Waals surface area (Å²) in [6.07, 6.45) is 1.50. The van der Waals surface area contributed by atoms with Gasteiger partial charge in [-0.05, 0) is 63.4 Å². The molecule has 0 aliphatic carbocycles. The maximum atomic E-state index is 5.79. The van der Waals surface area contributed by atoms with Crippen molar-refractivity contribution in [1.29, 1.82) is 0 Å². The zero-order valence-corrected chi connectivity index (χ0v) is 12.0. The highest BCUT2D eigenvalue weighted by molar-refractivity contribution is 5.31. The maximum absolute atomic E-state index is 5.79. The van der Waals surface area contributed by atoms with Crippen LogP contribution in [0.5, 0.6) is 5.75 Å². The van der Waals surface area contributed by atoms with Crippen LogP contribution in [0.1, 0.15) is 38.7 Å². The second kappa shape index (κ2) is 5.75. The van der Waals surface area contributed by atoms with Crippen LogP contribution in [0.15, 0.2) is 24.3 Å². The van der Waals surface area contributed by atoms with E-state index in [0.29, 0.717) is 5.92 Å².